The predicted octanol–water partition coefficient (Wildman–Crippen LogP) is 3.75. The van der Waals surface area contributed by atoms with E-state index in [4.69, 9.17) is 4.74 Å². The van der Waals surface area contributed by atoms with Crippen LogP contribution in [0.4, 0.5) is 0 Å². The van der Waals surface area contributed by atoms with Gasteiger partial charge in [-0.15, -0.1) is 23.1 Å². The van der Waals surface area contributed by atoms with E-state index in [9.17, 15) is 0 Å². The topological polar surface area (TPSA) is 35.0 Å². The van der Waals surface area contributed by atoms with E-state index < -0.39 is 0 Å². The van der Waals surface area contributed by atoms with Gasteiger partial charge in [0.1, 0.15) is 15.7 Å². The molecule has 0 N–H and O–H groups in total. The minimum absolute atomic E-state index is 0.772. The Kier molecular flexibility index (Phi) is 4.59. The molecule has 0 aliphatic rings. The first-order valence-corrected chi connectivity index (χ1v) is 7.88. The molecule has 2 rings (SSSR count). The molecular formula is C13H18N2OS2. The zero-order valence-electron chi connectivity index (χ0n) is 11.2. The fourth-order valence-electron chi connectivity index (χ4n) is 1.76. The van der Waals surface area contributed by atoms with Gasteiger partial charge in [-0.05, 0) is 33.3 Å². The summed E-state index contributed by atoms with van der Waals surface area (Å²) < 4.78 is 5.37. The van der Waals surface area contributed by atoms with Crippen LogP contribution in [0.3, 0.4) is 0 Å². The van der Waals surface area contributed by atoms with E-state index in [1.54, 1.807) is 23.1 Å². The number of aryl methyl sites for hydroxylation is 3. The maximum Gasteiger partial charge on any atom is 0.128 e. The van der Waals surface area contributed by atoms with Crippen LogP contribution in [0, 0.1) is 20.8 Å². The average Bonchev–Trinajstić information content (AvgIpc) is 2.60. The first-order chi connectivity index (χ1) is 8.63. The molecular weight excluding hydrogens is 264 g/mol. The lowest BCUT2D eigenvalue weighted by atomic mass is 10.2. The number of fused-ring (bicyclic) bond motifs is 1. The number of thioether (sulfide) groups is 1. The van der Waals surface area contributed by atoms with Crippen molar-refractivity contribution < 1.29 is 4.74 Å². The molecule has 0 fully saturated rings. The lowest BCUT2D eigenvalue weighted by Gasteiger charge is -2.05. The summed E-state index contributed by atoms with van der Waals surface area (Å²) in [5.41, 5.74) is 1.31. The molecule has 2 aromatic rings. The molecule has 0 aliphatic carbocycles. The first-order valence-electron chi connectivity index (χ1n) is 6.08. The quantitative estimate of drug-likeness (QED) is 0.475. The Morgan fingerprint density at radius 1 is 1.22 bits per heavy atom. The van der Waals surface area contributed by atoms with Crippen molar-refractivity contribution in [1.29, 1.82) is 0 Å². The molecule has 0 radical (unpaired) electrons. The summed E-state index contributed by atoms with van der Waals surface area (Å²) in [5.74, 6) is 1.79. The molecule has 0 bridgehead atoms. The van der Waals surface area contributed by atoms with E-state index >= 15 is 0 Å². The van der Waals surface area contributed by atoms with Gasteiger partial charge in [-0.3, -0.25) is 0 Å². The van der Waals surface area contributed by atoms with Crippen LogP contribution in [0.25, 0.3) is 10.2 Å². The molecule has 2 heterocycles. The van der Waals surface area contributed by atoms with Crippen molar-refractivity contribution >= 4 is 33.3 Å². The predicted molar refractivity (Wildman–Crippen MR) is 78.8 cm³/mol. The molecule has 0 aliphatic heterocycles. The molecule has 98 valence electrons. The molecule has 0 spiro atoms. The summed E-state index contributed by atoms with van der Waals surface area (Å²) in [6, 6.07) is 0. The highest BCUT2D eigenvalue weighted by atomic mass is 32.2. The largest absolute Gasteiger partial charge is 0.381 e. The van der Waals surface area contributed by atoms with E-state index in [1.165, 1.54) is 15.8 Å². The third-order valence-electron chi connectivity index (χ3n) is 2.78. The zero-order valence-corrected chi connectivity index (χ0v) is 12.9. The van der Waals surface area contributed by atoms with Crippen LogP contribution in [0.1, 0.15) is 23.2 Å². The summed E-state index contributed by atoms with van der Waals surface area (Å²) in [7, 11) is 0. The lowest BCUT2D eigenvalue weighted by Crippen LogP contribution is -1.98. The molecule has 5 heteroatoms. The van der Waals surface area contributed by atoms with Gasteiger partial charge in [-0.25, -0.2) is 9.97 Å². The van der Waals surface area contributed by atoms with Gasteiger partial charge in [0.05, 0.1) is 6.61 Å². The minimum atomic E-state index is 0.772. The lowest BCUT2D eigenvalue weighted by molar-refractivity contribution is 0.164. The number of hydrogen-bond acceptors (Lipinski definition) is 5. The van der Waals surface area contributed by atoms with E-state index in [2.05, 4.69) is 23.8 Å². The highest BCUT2D eigenvalue weighted by molar-refractivity contribution is 7.99. The average molecular weight is 282 g/mol. The molecule has 18 heavy (non-hydrogen) atoms. The van der Waals surface area contributed by atoms with Crippen LogP contribution < -0.4 is 0 Å². The fourth-order valence-corrected chi connectivity index (χ4v) is 3.89. The van der Waals surface area contributed by atoms with Crippen LogP contribution in [-0.2, 0) is 4.74 Å². The van der Waals surface area contributed by atoms with Gasteiger partial charge < -0.3 is 4.74 Å². The highest BCUT2D eigenvalue weighted by Crippen LogP contribution is 2.34. The Morgan fingerprint density at radius 2 is 2.00 bits per heavy atom. The van der Waals surface area contributed by atoms with Crippen molar-refractivity contribution in [2.24, 2.45) is 0 Å². The smallest absolute Gasteiger partial charge is 0.128 e. The van der Waals surface area contributed by atoms with E-state index in [1.807, 2.05) is 13.8 Å². The zero-order chi connectivity index (χ0) is 13.1. The monoisotopic (exact) mass is 282 g/mol. The maximum absolute atomic E-state index is 5.37. The van der Waals surface area contributed by atoms with E-state index in [-0.39, 0.29) is 0 Å². The molecule has 2 aromatic heterocycles. The standard InChI is InChI=1S/C13H18N2OS2/c1-5-16-6-7-17-12-11-8(2)9(3)18-13(11)15-10(4)14-12/h5-7H2,1-4H3. The normalized spacial score (nSPS) is 11.3. The SMILES string of the molecule is CCOCCSc1nc(C)nc2sc(C)c(C)c12. The van der Waals surface area contributed by atoms with Crippen molar-refractivity contribution in [3.8, 4) is 0 Å². The number of thiophene rings is 1. The maximum atomic E-state index is 5.37. The van der Waals surface area contributed by atoms with Gasteiger partial charge in [0, 0.05) is 22.6 Å². The van der Waals surface area contributed by atoms with Gasteiger partial charge in [0.2, 0.25) is 0 Å². The Morgan fingerprint density at radius 3 is 2.72 bits per heavy atom. The number of hydrogen-bond donors (Lipinski definition) is 0. The van der Waals surface area contributed by atoms with Crippen molar-refractivity contribution in [1.82, 2.24) is 9.97 Å². The van der Waals surface area contributed by atoms with Crippen LogP contribution in [-0.4, -0.2) is 28.9 Å². The Hall–Kier alpha value is -0.650. The Labute approximate surface area is 116 Å². The van der Waals surface area contributed by atoms with Gasteiger partial charge in [0.15, 0.2) is 0 Å². The van der Waals surface area contributed by atoms with Gasteiger partial charge in [0.25, 0.3) is 0 Å². The Bertz CT molecular complexity index is 551. The summed E-state index contributed by atoms with van der Waals surface area (Å²) >= 11 is 3.52. The molecule has 0 aromatic carbocycles. The summed E-state index contributed by atoms with van der Waals surface area (Å²) in [5, 5.41) is 2.32. The second-order valence-electron chi connectivity index (χ2n) is 4.08. The second kappa shape index (κ2) is 5.99. The molecule has 3 nitrogen and oxygen atoms in total. The molecule has 0 saturated heterocycles. The molecule has 0 unspecified atom stereocenters. The minimum Gasteiger partial charge on any atom is -0.381 e. The van der Waals surface area contributed by atoms with Crippen LogP contribution in [0.15, 0.2) is 5.03 Å². The summed E-state index contributed by atoms with van der Waals surface area (Å²) in [6.45, 7) is 9.81. The van der Waals surface area contributed by atoms with E-state index in [0.29, 0.717) is 0 Å². The molecule has 0 amide bonds. The van der Waals surface area contributed by atoms with Crippen LogP contribution in [0.5, 0.6) is 0 Å². The van der Waals surface area contributed by atoms with E-state index in [0.717, 1.165) is 34.6 Å². The van der Waals surface area contributed by atoms with Crippen molar-refractivity contribution in [3.05, 3.63) is 16.3 Å². The summed E-state index contributed by atoms with van der Waals surface area (Å²) in [6.07, 6.45) is 0. The first kappa shape index (κ1) is 13.8. The van der Waals surface area contributed by atoms with Crippen molar-refractivity contribution in [2.45, 2.75) is 32.7 Å². The van der Waals surface area contributed by atoms with Crippen molar-refractivity contribution in [3.63, 3.8) is 0 Å². The fraction of sp³-hybridized carbons (Fsp3) is 0.538. The number of ether oxygens (including phenoxy) is 1. The third-order valence-corrected chi connectivity index (χ3v) is 4.82. The van der Waals surface area contributed by atoms with Crippen LogP contribution in [0.2, 0.25) is 0 Å². The van der Waals surface area contributed by atoms with Gasteiger partial charge >= 0.3 is 0 Å². The molecule has 0 saturated carbocycles. The second-order valence-corrected chi connectivity index (χ2v) is 6.37. The van der Waals surface area contributed by atoms with Gasteiger partial charge in [-0.1, -0.05) is 0 Å². The molecule has 0 atom stereocenters. The third kappa shape index (κ3) is 2.84. The number of aromatic nitrogens is 2. The number of nitrogens with zero attached hydrogens (tertiary/aromatic N) is 2. The highest BCUT2D eigenvalue weighted by Gasteiger charge is 2.13. The van der Waals surface area contributed by atoms with Crippen molar-refractivity contribution in [2.75, 3.05) is 19.0 Å². The summed E-state index contributed by atoms with van der Waals surface area (Å²) in [4.78, 5) is 11.5. The Balaban J connectivity index is 2.30. The number of rotatable bonds is 5. The van der Waals surface area contributed by atoms with Crippen LogP contribution >= 0.6 is 23.1 Å². The van der Waals surface area contributed by atoms with Gasteiger partial charge in [-0.2, -0.15) is 0 Å².